The number of piperidine rings is 1. The third kappa shape index (κ3) is 4.27. The normalized spacial score (nSPS) is 16.7. The summed E-state index contributed by atoms with van der Waals surface area (Å²) in [5.41, 5.74) is 1.56. The summed E-state index contributed by atoms with van der Waals surface area (Å²) >= 11 is 1.45. The van der Waals surface area contributed by atoms with Crippen LogP contribution >= 0.6 is 11.8 Å². The first-order valence-corrected chi connectivity index (χ1v) is 10.0. The molecular weight excluding hydrogens is 350 g/mol. The van der Waals surface area contributed by atoms with Gasteiger partial charge >= 0.3 is 5.97 Å². The first kappa shape index (κ1) is 18.9. The zero-order valence-corrected chi connectivity index (χ0v) is 15.8. The zero-order valence-electron chi connectivity index (χ0n) is 15.0. The summed E-state index contributed by atoms with van der Waals surface area (Å²) in [6.45, 7) is 3.71. The largest absolute Gasteiger partial charge is 0.480 e. The summed E-state index contributed by atoms with van der Waals surface area (Å²) in [7, 11) is 0. The van der Waals surface area contributed by atoms with E-state index in [-0.39, 0.29) is 17.6 Å². The molecular formula is C19H25N3O3S. The molecule has 3 rings (SSSR count). The highest BCUT2D eigenvalue weighted by Gasteiger charge is 2.31. The average Bonchev–Trinajstić information content (AvgIpc) is 2.97. The fourth-order valence-electron chi connectivity index (χ4n) is 3.51. The Labute approximate surface area is 157 Å². The number of carbonyl (C=O) groups is 2. The van der Waals surface area contributed by atoms with Crippen molar-refractivity contribution in [2.75, 3.05) is 13.1 Å². The van der Waals surface area contributed by atoms with Crippen LogP contribution in [0.5, 0.6) is 0 Å². The van der Waals surface area contributed by atoms with Gasteiger partial charge < -0.3 is 15.0 Å². The van der Waals surface area contributed by atoms with Crippen LogP contribution in [0.1, 0.15) is 32.6 Å². The molecule has 2 aromatic rings. The molecule has 1 fully saturated rings. The number of aromatic nitrogens is 2. The van der Waals surface area contributed by atoms with Gasteiger partial charge in [0.15, 0.2) is 5.16 Å². The van der Waals surface area contributed by atoms with E-state index in [1.54, 1.807) is 4.57 Å². The second-order valence-corrected chi connectivity index (χ2v) is 7.81. The van der Waals surface area contributed by atoms with Crippen molar-refractivity contribution < 1.29 is 14.7 Å². The molecule has 1 saturated heterocycles. The van der Waals surface area contributed by atoms with Crippen molar-refractivity contribution in [3.05, 3.63) is 24.3 Å². The van der Waals surface area contributed by atoms with Crippen LogP contribution in [0.2, 0.25) is 0 Å². The zero-order chi connectivity index (χ0) is 18.5. The molecule has 26 heavy (non-hydrogen) atoms. The van der Waals surface area contributed by atoms with E-state index >= 15 is 0 Å². The number of ketones is 1. The summed E-state index contributed by atoms with van der Waals surface area (Å²) in [5.74, 6) is -0.356. The van der Waals surface area contributed by atoms with Crippen LogP contribution in [-0.4, -0.2) is 44.7 Å². The highest BCUT2D eigenvalue weighted by Crippen LogP contribution is 2.35. The molecule has 0 amide bonds. The second kappa shape index (κ2) is 8.68. The Hall–Kier alpha value is -1.86. The quantitative estimate of drug-likeness (QED) is 0.690. The fourth-order valence-corrected chi connectivity index (χ4v) is 4.89. The number of benzene rings is 1. The average molecular weight is 375 g/mol. The standard InChI is InChI=1S/C19H25N3O3S/c1-2-5-16(23)18(13-8-10-20-11-9-13)26-19-21-14-6-3-4-7-15(14)22(19)12-17(24)25/h3-4,6-7,13,18,20H,2,5,8-12H2,1H3,(H,24,25). The molecule has 2 heterocycles. The Morgan fingerprint density at radius 1 is 1.35 bits per heavy atom. The molecule has 0 aliphatic carbocycles. The van der Waals surface area contributed by atoms with Crippen LogP contribution in [0.25, 0.3) is 11.0 Å². The van der Waals surface area contributed by atoms with E-state index in [1.165, 1.54) is 11.8 Å². The number of aliphatic carboxylic acids is 1. The number of para-hydroxylation sites is 2. The molecule has 1 aromatic heterocycles. The van der Waals surface area contributed by atoms with E-state index in [0.29, 0.717) is 17.5 Å². The number of thioether (sulfide) groups is 1. The minimum atomic E-state index is -0.909. The van der Waals surface area contributed by atoms with Crippen molar-refractivity contribution in [2.24, 2.45) is 5.92 Å². The van der Waals surface area contributed by atoms with Crippen LogP contribution in [0, 0.1) is 5.92 Å². The lowest BCUT2D eigenvalue weighted by Gasteiger charge is -2.29. The first-order chi connectivity index (χ1) is 12.6. The molecule has 7 heteroatoms. The van der Waals surface area contributed by atoms with Crippen molar-refractivity contribution in [2.45, 2.75) is 49.6 Å². The predicted octanol–water partition coefficient (Wildman–Crippen LogP) is 2.95. The third-order valence-corrected chi connectivity index (χ3v) is 6.20. The van der Waals surface area contributed by atoms with Crippen LogP contribution in [0.15, 0.2) is 29.4 Å². The Morgan fingerprint density at radius 2 is 2.08 bits per heavy atom. The molecule has 0 spiro atoms. The molecule has 1 aliphatic rings. The summed E-state index contributed by atoms with van der Waals surface area (Å²) < 4.78 is 1.72. The Kier molecular flexibility index (Phi) is 6.32. The van der Waals surface area contributed by atoms with Gasteiger partial charge in [-0.15, -0.1) is 0 Å². The molecule has 0 saturated carbocycles. The molecule has 0 bridgehead atoms. The number of nitrogens with zero attached hydrogens (tertiary/aromatic N) is 2. The first-order valence-electron chi connectivity index (χ1n) is 9.17. The number of nitrogens with one attached hydrogen (secondary N) is 1. The maximum absolute atomic E-state index is 12.8. The van der Waals surface area contributed by atoms with Gasteiger partial charge in [-0.05, 0) is 50.4 Å². The van der Waals surface area contributed by atoms with Crippen LogP contribution in [0.3, 0.4) is 0 Å². The second-order valence-electron chi connectivity index (χ2n) is 6.71. The predicted molar refractivity (Wildman–Crippen MR) is 103 cm³/mol. The fraction of sp³-hybridized carbons (Fsp3) is 0.526. The molecule has 6 nitrogen and oxygen atoms in total. The van der Waals surface area contributed by atoms with Crippen molar-refractivity contribution in [3.63, 3.8) is 0 Å². The number of hydrogen-bond acceptors (Lipinski definition) is 5. The lowest BCUT2D eigenvalue weighted by Crippen LogP contribution is -2.36. The monoisotopic (exact) mass is 375 g/mol. The van der Waals surface area contributed by atoms with Crippen molar-refractivity contribution in [3.8, 4) is 0 Å². The van der Waals surface area contributed by atoms with Gasteiger partial charge in [0.05, 0.1) is 16.3 Å². The number of rotatable bonds is 8. The number of hydrogen-bond donors (Lipinski definition) is 2. The van der Waals surface area contributed by atoms with Crippen molar-refractivity contribution >= 4 is 34.5 Å². The molecule has 0 radical (unpaired) electrons. The van der Waals surface area contributed by atoms with Gasteiger partial charge in [0.1, 0.15) is 12.3 Å². The van der Waals surface area contributed by atoms with Gasteiger partial charge in [-0.1, -0.05) is 30.8 Å². The van der Waals surface area contributed by atoms with Gasteiger partial charge in [-0.2, -0.15) is 0 Å². The third-order valence-electron chi connectivity index (χ3n) is 4.77. The van der Waals surface area contributed by atoms with Crippen molar-refractivity contribution in [1.29, 1.82) is 0 Å². The van der Waals surface area contributed by atoms with E-state index in [1.807, 2.05) is 31.2 Å². The van der Waals surface area contributed by atoms with E-state index in [0.717, 1.165) is 43.4 Å². The summed E-state index contributed by atoms with van der Waals surface area (Å²) in [4.78, 5) is 28.8. The molecule has 1 aliphatic heterocycles. The summed E-state index contributed by atoms with van der Waals surface area (Å²) in [6, 6.07) is 7.53. The molecule has 1 unspecified atom stereocenters. The highest BCUT2D eigenvalue weighted by atomic mass is 32.2. The topological polar surface area (TPSA) is 84.2 Å². The van der Waals surface area contributed by atoms with E-state index in [9.17, 15) is 14.7 Å². The maximum atomic E-state index is 12.8. The molecule has 140 valence electrons. The lowest BCUT2D eigenvalue weighted by atomic mass is 9.91. The van der Waals surface area contributed by atoms with Crippen LogP contribution < -0.4 is 5.32 Å². The van der Waals surface area contributed by atoms with E-state index in [2.05, 4.69) is 10.3 Å². The van der Waals surface area contributed by atoms with E-state index in [4.69, 9.17) is 0 Å². The number of carboxylic acids is 1. The number of carboxylic acid groups (broad SMARTS) is 1. The Balaban J connectivity index is 1.94. The number of Topliss-reactive ketones (excluding diaryl/α,β-unsaturated/α-hetero) is 1. The van der Waals surface area contributed by atoms with Crippen LogP contribution in [0.4, 0.5) is 0 Å². The van der Waals surface area contributed by atoms with Crippen molar-refractivity contribution in [1.82, 2.24) is 14.9 Å². The summed E-state index contributed by atoms with van der Waals surface area (Å²) in [5, 5.41) is 13.1. The Bertz CT molecular complexity index is 783. The molecule has 1 atom stereocenters. The number of carbonyl (C=O) groups excluding carboxylic acids is 1. The number of imidazole rings is 1. The van der Waals surface area contributed by atoms with Gasteiger partial charge in [0.2, 0.25) is 0 Å². The lowest BCUT2D eigenvalue weighted by molar-refractivity contribution is -0.137. The van der Waals surface area contributed by atoms with Gasteiger partial charge in [-0.3, -0.25) is 9.59 Å². The van der Waals surface area contributed by atoms with Gasteiger partial charge in [0, 0.05) is 6.42 Å². The highest BCUT2D eigenvalue weighted by molar-refractivity contribution is 8.00. The summed E-state index contributed by atoms with van der Waals surface area (Å²) in [6.07, 6.45) is 3.31. The minimum Gasteiger partial charge on any atom is -0.480 e. The van der Waals surface area contributed by atoms with E-state index < -0.39 is 5.97 Å². The number of fused-ring (bicyclic) bond motifs is 1. The van der Waals surface area contributed by atoms with Crippen LogP contribution in [-0.2, 0) is 16.1 Å². The maximum Gasteiger partial charge on any atom is 0.323 e. The minimum absolute atomic E-state index is 0.149. The van der Waals surface area contributed by atoms with Gasteiger partial charge in [-0.25, -0.2) is 4.98 Å². The molecule has 1 aromatic carbocycles. The molecule has 2 N–H and O–H groups in total. The smallest absolute Gasteiger partial charge is 0.323 e. The Morgan fingerprint density at radius 3 is 2.77 bits per heavy atom. The SMILES string of the molecule is CCCC(=O)C(Sc1nc2ccccc2n1CC(=O)O)C1CCNCC1. The van der Waals surface area contributed by atoms with Gasteiger partial charge in [0.25, 0.3) is 0 Å².